The van der Waals surface area contributed by atoms with Crippen molar-refractivity contribution in [3.63, 3.8) is 0 Å². The van der Waals surface area contributed by atoms with Crippen LogP contribution in [0.25, 0.3) is 4.85 Å². The van der Waals surface area contributed by atoms with Gasteiger partial charge in [-0.25, -0.2) is 11.0 Å². The van der Waals surface area contributed by atoms with Crippen LogP contribution in [0.3, 0.4) is 0 Å². The third-order valence-corrected chi connectivity index (χ3v) is 3.00. The molecule has 1 aromatic carbocycles. The molecule has 3 heteroatoms. The molecule has 0 radical (unpaired) electrons. The Bertz CT molecular complexity index is 390. The van der Waals surface area contributed by atoms with E-state index in [9.17, 15) is 4.39 Å². The van der Waals surface area contributed by atoms with Crippen molar-refractivity contribution in [3.05, 3.63) is 45.5 Å². The minimum Gasteiger partial charge on any atom is -0.305 e. The van der Waals surface area contributed by atoms with Gasteiger partial charge in [-0.05, 0) is 34.1 Å². The second-order valence-corrected chi connectivity index (χ2v) is 4.13. The van der Waals surface area contributed by atoms with E-state index in [1.807, 2.05) is 0 Å². The lowest BCUT2D eigenvalue weighted by Gasteiger charge is -2.03. The van der Waals surface area contributed by atoms with Crippen LogP contribution >= 0.6 is 15.9 Å². The van der Waals surface area contributed by atoms with Gasteiger partial charge in [-0.15, -0.1) is 0 Å². The lowest BCUT2D eigenvalue weighted by atomic mass is 10.1. The second kappa shape index (κ2) is 2.81. The van der Waals surface area contributed by atoms with Gasteiger partial charge in [0.15, 0.2) is 0 Å². The average Bonchev–Trinajstić information content (AvgIpc) is 2.90. The first-order chi connectivity index (χ1) is 6.18. The Morgan fingerprint density at radius 1 is 1.46 bits per heavy atom. The molecule has 0 unspecified atom stereocenters. The highest BCUT2D eigenvalue weighted by molar-refractivity contribution is 9.10. The summed E-state index contributed by atoms with van der Waals surface area (Å²) in [5.74, 6) is -0.274. The predicted molar refractivity (Wildman–Crippen MR) is 51.6 cm³/mol. The van der Waals surface area contributed by atoms with Crippen molar-refractivity contribution >= 4 is 15.9 Å². The molecule has 0 N–H and O–H groups in total. The van der Waals surface area contributed by atoms with Gasteiger partial charge in [-0.2, -0.15) is 0 Å². The van der Waals surface area contributed by atoms with Crippen LogP contribution < -0.4 is 0 Å². The highest BCUT2D eigenvalue weighted by atomic mass is 79.9. The van der Waals surface area contributed by atoms with Gasteiger partial charge in [0.2, 0.25) is 0 Å². The van der Waals surface area contributed by atoms with Gasteiger partial charge in [0.25, 0.3) is 5.54 Å². The van der Waals surface area contributed by atoms with Crippen molar-refractivity contribution in [3.8, 4) is 0 Å². The van der Waals surface area contributed by atoms with Crippen molar-refractivity contribution in [1.82, 2.24) is 0 Å². The molecule has 0 aromatic heterocycles. The number of hydrogen-bond acceptors (Lipinski definition) is 0. The normalized spacial score (nSPS) is 17.9. The molecule has 1 fully saturated rings. The zero-order valence-electron chi connectivity index (χ0n) is 6.85. The summed E-state index contributed by atoms with van der Waals surface area (Å²) in [6, 6.07) is 4.82. The maximum Gasteiger partial charge on any atom is 0.258 e. The standard InChI is InChI=1S/C10H7BrFN/c1-13-10(4-5-10)7-2-3-9(12)8(11)6-7/h2-3,6H,4-5H2. The Morgan fingerprint density at radius 3 is 2.62 bits per heavy atom. The van der Waals surface area contributed by atoms with E-state index in [2.05, 4.69) is 20.8 Å². The first-order valence-electron chi connectivity index (χ1n) is 4.02. The Balaban J connectivity index is 2.44. The minimum atomic E-state index is -0.337. The van der Waals surface area contributed by atoms with E-state index in [0.29, 0.717) is 4.47 Å². The van der Waals surface area contributed by atoms with E-state index in [0.717, 1.165) is 18.4 Å². The molecule has 1 aromatic rings. The molecule has 0 bridgehead atoms. The molecule has 1 aliphatic carbocycles. The third-order valence-electron chi connectivity index (χ3n) is 2.39. The highest BCUT2D eigenvalue weighted by Crippen LogP contribution is 2.50. The summed E-state index contributed by atoms with van der Waals surface area (Å²) in [5.41, 5.74) is 0.590. The van der Waals surface area contributed by atoms with Crippen LogP contribution in [0, 0.1) is 12.4 Å². The summed E-state index contributed by atoms with van der Waals surface area (Å²) in [6.07, 6.45) is 1.79. The number of halogens is 2. The van der Waals surface area contributed by atoms with Crippen LogP contribution in [0.15, 0.2) is 22.7 Å². The van der Waals surface area contributed by atoms with Crippen molar-refractivity contribution in [2.24, 2.45) is 0 Å². The van der Waals surface area contributed by atoms with Crippen molar-refractivity contribution in [2.45, 2.75) is 18.4 Å². The first kappa shape index (κ1) is 8.71. The largest absolute Gasteiger partial charge is 0.305 e. The Labute approximate surface area is 84.5 Å². The van der Waals surface area contributed by atoms with Gasteiger partial charge < -0.3 is 4.85 Å². The molecule has 13 heavy (non-hydrogen) atoms. The van der Waals surface area contributed by atoms with E-state index in [4.69, 9.17) is 6.57 Å². The maximum atomic E-state index is 12.9. The number of hydrogen-bond donors (Lipinski definition) is 0. The molecule has 1 aliphatic rings. The summed E-state index contributed by atoms with van der Waals surface area (Å²) in [4.78, 5) is 3.58. The fourth-order valence-electron chi connectivity index (χ4n) is 1.37. The van der Waals surface area contributed by atoms with Gasteiger partial charge in [0.05, 0.1) is 4.47 Å². The van der Waals surface area contributed by atoms with Gasteiger partial charge in [-0.3, -0.25) is 0 Å². The van der Waals surface area contributed by atoms with Crippen molar-refractivity contribution in [1.29, 1.82) is 0 Å². The average molecular weight is 240 g/mol. The van der Waals surface area contributed by atoms with Crippen LogP contribution in [-0.4, -0.2) is 0 Å². The zero-order valence-corrected chi connectivity index (χ0v) is 8.44. The van der Waals surface area contributed by atoms with Crippen molar-refractivity contribution in [2.75, 3.05) is 0 Å². The minimum absolute atomic E-state index is 0.274. The van der Waals surface area contributed by atoms with Gasteiger partial charge in [0, 0.05) is 18.4 Å². The smallest absolute Gasteiger partial charge is 0.258 e. The molecule has 1 nitrogen and oxygen atoms in total. The monoisotopic (exact) mass is 239 g/mol. The van der Waals surface area contributed by atoms with E-state index in [1.54, 1.807) is 12.1 Å². The molecule has 1 saturated carbocycles. The van der Waals surface area contributed by atoms with E-state index in [1.165, 1.54) is 6.07 Å². The molecule has 66 valence electrons. The fourth-order valence-corrected chi connectivity index (χ4v) is 1.75. The zero-order chi connectivity index (χ0) is 9.47. The first-order valence-corrected chi connectivity index (χ1v) is 4.81. The Hall–Kier alpha value is -0.880. The van der Waals surface area contributed by atoms with Gasteiger partial charge in [-0.1, -0.05) is 0 Å². The molecular weight excluding hydrogens is 233 g/mol. The maximum absolute atomic E-state index is 12.9. The second-order valence-electron chi connectivity index (χ2n) is 3.27. The third kappa shape index (κ3) is 1.36. The lowest BCUT2D eigenvalue weighted by Crippen LogP contribution is -1.99. The van der Waals surface area contributed by atoms with Crippen LogP contribution in [0.4, 0.5) is 4.39 Å². The number of nitrogens with zero attached hydrogens (tertiary/aromatic N) is 1. The SMILES string of the molecule is [C-]#[N+]C1(c2ccc(F)c(Br)c2)CC1. The van der Waals surface area contributed by atoms with E-state index >= 15 is 0 Å². The van der Waals surface area contributed by atoms with Crippen LogP contribution in [0.2, 0.25) is 0 Å². The molecule has 0 saturated heterocycles. The van der Waals surface area contributed by atoms with Gasteiger partial charge >= 0.3 is 0 Å². The molecule has 0 spiro atoms. The molecule has 0 amide bonds. The topological polar surface area (TPSA) is 4.36 Å². The molecular formula is C10H7BrFN. The molecule has 2 rings (SSSR count). The number of rotatable bonds is 1. The Morgan fingerprint density at radius 2 is 2.15 bits per heavy atom. The summed E-state index contributed by atoms with van der Waals surface area (Å²) < 4.78 is 13.3. The van der Waals surface area contributed by atoms with Crippen LogP contribution in [0.1, 0.15) is 18.4 Å². The molecule has 0 heterocycles. The predicted octanol–water partition coefficient (Wildman–Crippen LogP) is 3.50. The van der Waals surface area contributed by atoms with E-state index < -0.39 is 0 Å². The quantitative estimate of drug-likeness (QED) is 0.661. The molecule has 0 aliphatic heterocycles. The Kier molecular flexibility index (Phi) is 1.88. The lowest BCUT2D eigenvalue weighted by molar-refractivity contribution is 0.619. The van der Waals surface area contributed by atoms with Crippen molar-refractivity contribution < 1.29 is 4.39 Å². The summed E-state index contributed by atoms with van der Waals surface area (Å²) >= 11 is 3.12. The summed E-state index contributed by atoms with van der Waals surface area (Å²) in [5, 5.41) is 0. The van der Waals surface area contributed by atoms with Gasteiger partial charge in [0.1, 0.15) is 5.82 Å². The van der Waals surface area contributed by atoms with Crippen LogP contribution in [0.5, 0.6) is 0 Å². The van der Waals surface area contributed by atoms with Crippen LogP contribution in [-0.2, 0) is 5.54 Å². The van der Waals surface area contributed by atoms with E-state index in [-0.39, 0.29) is 11.4 Å². The summed E-state index contributed by atoms with van der Waals surface area (Å²) in [7, 11) is 0. The molecule has 0 atom stereocenters. The fraction of sp³-hybridized carbons (Fsp3) is 0.300. The summed E-state index contributed by atoms with van der Waals surface area (Å²) in [6.45, 7) is 7.05. The highest BCUT2D eigenvalue weighted by Gasteiger charge is 2.52. The number of benzene rings is 1.